The van der Waals surface area contributed by atoms with E-state index in [-0.39, 0.29) is 5.69 Å². The van der Waals surface area contributed by atoms with Gasteiger partial charge in [0, 0.05) is 13.1 Å². The van der Waals surface area contributed by atoms with Gasteiger partial charge in [-0.1, -0.05) is 12.8 Å². The van der Waals surface area contributed by atoms with Gasteiger partial charge in [0.15, 0.2) is 11.6 Å². The van der Waals surface area contributed by atoms with Crippen LogP contribution in [-0.4, -0.2) is 18.0 Å². The Morgan fingerprint density at radius 2 is 1.56 bits per heavy atom. The van der Waals surface area contributed by atoms with E-state index in [0.717, 1.165) is 37.8 Å². The van der Waals surface area contributed by atoms with E-state index in [1.54, 1.807) is 4.90 Å². The summed E-state index contributed by atoms with van der Waals surface area (Å²) in [5, 5.41) is 10.5. The van der Waals surface area contributed by atoms with Crippen molar-refractivity contribution < 1.29 is 13.7 Å². The van der Waals surface area contributed by atoms with Crippen LogP contribution in [0.1, 0.15) is 25.7 Å². The highest BCUT2D eigenvalue weighted by atomic mass is 19.1. The summed E-state index contributed by atoms with van der Waals surface area (Å²) in [5.74, 6) is -1.72. The van der Waals surface area contributed by atoms with Crippen LogP contribution in [-0.2, 0) is 0 Å². The Kier molecular flexibility index (Phi) is 3.74. The van der Waals surface area contributed by atoms with Crippen LogP contribution in [0.5, 0.6) is 0 Å². The van der Waals surface area contributed by atoms with Crippen molar-refractivity contribution in [3.8, 4) is 0 Å². The van der Waals surface area contributed by atoms with Crippen LogP contribution in [0.4, 0.5) is 20.2 Å². The van der Waals surface area contributed by atoms with E-state index in [1.807, 2.05) is 0 Å². The van der Waals surface area contributed by atoms with E-state index in [9.17, 15) is 18.9 Å². The zero-order chi connectivity index (χ0) is 13.1. The normalized spacial score (nSPS) is 16.4. The summed E-state index contributed by atoms with van der Waals surface area (Å²) >= 11 is 0. The minimum Gasteiger partial charge on any atom is -0.367 e. The molecule has 0 atom stereocenters. The number of benzene rings is 1. The molecule has 0 amide bonds. The fraction of sp³-hybridized carbons (Fsp3) is 0.500. The van der Waals surface area contributed by atoms with Crippen molar-refractivity contribution >= 4 is 11.4 Å². The first-order valence-corrected chi connectivity index (χ1v) is 5.98. The van der Waals surface area contributed by atoms with Gasteiger partial charge in [-0.05, 0) is 12.8 Å². The van der Waals surface area contributed by atoms with Gasteiger partial charge in [-0.15, -0.1) is 0 Å². The molecule has 1 saturated heterocycles. The molecule has 0 bridgehead atoms. The van der Waals surface area contributed by atoms with Gasteiger partial charge in [0.2, 0.25) is 0 Å². The third kappa shape index (κ3) is 2.57. The van der Waals surface area contributed by atoms with Crippen molar-refractivity contribution in [1.29, 1.82) is 0 Å². The zero-order valence-electron chi connectivity index (χ0n) is 9.86. The summed E-state index contributed by atoms with van der Waals surface area (Å²) < 4.78 is 27.6. The summed E-state index contributed by atoms with van der Waals surface area (Å²) in [6, 6.07) is 1.56. The Bertz CT molecular complexity index is 434. The van der Waals surface area contributed by atoms with Crippen LogP contribution in [0.2, 0.25) is 0 Å². The highest BCUT2D eigenvalue weighted by molar-refractivity contribution is 5.53. The minimum absolute atomic E-state index is 0.137. The Morgan fingerprint density at radius 3 is 2.00 bits per heavy atom. The molecule has 1 aliphatic rings. The number of nitro benzene ring substituents is 1. The number of hydrogen-bond donors (Lipinski definition) is 0. The van der Waals surface area contributed by atoms with Crippen molar-refractivity contribution in [2.45, 2.75) is 25.7 Å². The molecule has 0 spiro atoms. The third-order valence-electron chi connectivity index (χ3n) is 3.13. The second kappa shape index (κ2) is 5.29. The standard InChI is InChI=1S/C12H14F2N2O2/c13-10-7-9(16(17)18)8-11(14)12(10)15-5-3-1-2-4-6-15/h7-8H,1-6H2. The Morgan fingerprint density at radius 1 is 1.06 bits per heavy atom. The summed E-state index contributed by atoms with van der Waals surface area (Å²) in [7, 11) is 0. The zero-order valence-corrected chi connectivity index (χ0v) is 9.86. The average molecular weight is 256 g/mol. The molecular formula is C12H14F2N2O2. The summed E-state index contributed by atoms with van der Waals surface area (Å²) in [5.41, 5.74) is -0.689. The largest absolute Gasteiger partial charge is 0.367 e. The van der Waals surface area contributed by atoms with Crippen LogP contribution in [0.25, 0.3) is 0 Å². The first-order chi connectivity index (χ1) is 8.59. The number of hydrogen-bond acceptors (Lipinski definition) is 3. The van der Waals surface area contributed by atoms with Crippen LogP contribution >= 0.6 is 0 Å². The molecule has 1 heterocycles. The van der Waals surface area contributed by atoms with Gasteiger partial charge in [-0.2, -0.15) is 0 Å². The van der Waals surface area contributed by atoms with Gasteiger partial charge < -0.3 is 4.90 Å². The predicted molar refractivity (Wildman–Crippen MR) is 63.7 cm³/mol. The number of rotatable bonds is 2. The Balaban J connectivity index is 2.34. The molecular weight excluding hydrogens is 242 g/mol. The molecule has 0 unspecified atom stereocenters. The number of anilines is 1. The molecule has 1 fully saturated rings. The molecule has 4 nitrogen and oxygen atoms in total. The summed E-state index contributed by atoms with van der Waals surface area (Å²) in [6.07, 6.45) is 3.87. The molecule has 0 aromatic heterocycles. The molecule has 1 aromatic carbocycles. The lowest BCUT2D eigenvalue weighted by molar-refractivity contribution is -0.385. The van der Waals surface area contributed by atoms with Crippen molar-refractivity contribution in [2.24, 2.45) is 0 Å². The van der Waals surface area contributed by atoms with Gasteiger partial charge >= 0.3 is 0 Å². The monoisotopic (exact) mass is 256 g/mol. The molecule has 1 aromatic rings. The van der Waals surface area contributed by atoms with E-state index in [0.29, 0.717) is 13.1 Å². The van der Waals surface area contributed by atoms with E-state index in [2.05, 4.69) is 0 Å². The quantitative estimate of drug-likeness (QED) is 0.602. The molecule has 0 aliphatic carbocycles. The molecule has 2 rings (SSSR count). The van der Waals surface area contributed by atoms with Crippen LogP contribution in [0.15, 0.2) is 12.1 Å². The third-order valence-corrected chi connectivity index (χ3v) is 3.13. The van der Waals surface area contributed by atoms with Crippen LogP contribution in [0.3, 0.4) is 0 Å². The van der Waals surface area contributed by atoms with Gasteiger partial charge in [-0.3, -0.25) is 10.1 Å². The summed E-state index contributed by atoms with van der Waals surface area (Å²) in [4.78, 5) is 11.4. The van der Waals surface area contributed by atoms with E-state index >= 15 is 0 Å². The van der Waals surface area contributed by atoms with Crippen LogP contribution < -0.4 is 4.90 Å². The molecule has 98 valence electrons. The predicted octanol–water partition coefficient (Wildman–Crippen LogP) is 3.25. The molecule has 0 radical (unpaired) electrons. The summed E-state index contributed by atoms with van der Waals surface area (Å²) in [6.45, 7) is 1.18. The van der Waals surface area contributed by atoms with Gasteiger partial charge in [0.05, 0.1) is 17.1 Å². The lowest BCUT2D eigenvalue weighted by Gasteiger charge is -2.23. The van der Waals surface area contributed by atoms with Crippen molar-refractivity contribution in [2.75, 3.05) is 18.0 Å². The SMILES string of the molecule is O=[N+]([O-])c1cc(F)c(N2CCCCCC2)c(F)c1. The topological polar surface area (TPSA) is 46.4 Å². The number of non-ortho nitro benzene ring substituents is 1. The number of nitro groups is 1. The Labute approximate surface area is 103 Å². The Hall–Kier alpha value is -1.72. The highest BCUT2D eigenvalue weighted by Crippen LogP contribution is 2.29. The average Bonchev–Trinajstić information content (AvgIpc) is 2.57. The lowest BCUT2D eigenvalue weighted by Crippen LogP contribution is -2.26. The van der Waals surface area contributed by atoms with E-state index in [4.69, 9.17) is 0 Å². The first-order valence-electron chi connectivity index (χ1n) is 5.98. The smallest absolute Gasteiger partial charge is 0.275 e. The lowest BCUT2D eigenvalue weighted by atomic mass is 10.2. The maximum atomic E-state index is 13.8. The van der Waals surface area contributed by atoms with E-state index in [1.165, 1.54) is 0 Å². The fourth-order valence-corrected chi connectivity index (χ4v) is 2.25. The van der Waals surface area contributed by atoms with Gasteiger partial charge in [0.25, 0.3) is 5.69 Å². The molecule has 0 saturated carbocycles. The van der Waals surface area contributed by atoms with Crippen LogP contribution in [0, 0.1) is 21.7 Å². The van der Waals surface area contributed by atoms with Gasteiger partial charge in [0.1, 0.15) is 5.69 Å². The molecule has 1 aliphatic heterocycles. The number of nitrogens with zero attached hydrogens (tertiary/aromatic N) is 2. The second-order valence-corrected chi connectivity index (χ2v) is 4.42. The number of halogens is 2. The first kappa shape index (κ1) is 12.7. The minimum atomic E-state index is -0.858. The maximum absolute atomic E-state index is 13.8. The van der Waals surface area contributed by atoms with Gasteiger partial charge in [-0.25, -0.2) is 8.78 Å². The van der Waals surface area contributed by atoms with E-state index < -0.39 is 22.2 Å². The van der Waals surface area contributed by atoms with Crippen molar-refractivity contribution in [1.82, 2.24) is 0 Å². The fourth-order valence-electron chi connectivity index (χ4n) is 2.25. The maximum Gasteiger partial charge on any atom is 0.275 e. The molecule has 6 heteroatoms. The second-order valence-electron chi connectivity index (χ2n) is 4.42. The van der Waals surface area contributed by atoms with Crippen molar-refractivity contribution in [3.05, 3.63) is 33.9 Å². The highest BCUT2D eigenvalue weighted by Gasteiger charge is 2.22. The van der Waals surface area contributed by atoms with Crippen molar-refractivity contribution in [3.63, 3.8) is 0 Å². The molecule has 18 heavy (non-hydrogen) atoms. The molecule has 0 N–H and O–H groups in total.